The normalized spacial score (nSPS) is 70.0. The van der Waals surface area contributed by atoms with E-state index >= 15 is 0 Å². The number of hydrogen-bond donors (Lipinski definition) is 1. The lowest BCUT2D eigenvalue weighted by molar-refractivity contribution is -0.105. The minimum atomic E-state index is -0.586. The van der Waals surface area contributed by atoms with Crippen LogP contribution in [0.15, 0.2) is 0 Å². The van der Waals surface area contributed by atoms with Gasteiger partial charge in [-0.2, -0.15) is 0 Å². The average molecular weight is 250 g/mol. The van der Waals surface area contributed by atoms with Gasteiger partial charge in [-0.25, -0.2) is 0 Å². The molecule has 0 unspecified atom stereocenters. The fraction of sp³-hybridized carbons (Fsp3) is 1.00. The molecule has 7 atom stereocenters. The van der Waals surface area contributed by atoms with Gasteiger partial charge in [0, 0.05) is 0 Å². The Hall–Kier alpha value is -0.120. The maximum atomic E-state index is 10.3. The molecular weight excluding hydrogens is 228 g/mol. The Balaban J connectivity index is 1.65. The average Bonchev–Trinajstić information content (AvgIpc) is 3.08. The van der Waals surface area contributed by atoms with Gasteiger partial charge in [0.25, 0.3) is 0 Å². The van der Waals surface area contributed by atoms with Gasteiger partial charge in [0.05, 0.1) is 18.1 Å². The van der Waals surface area contributed by atoms with Crippen LogP contribution in [0, 0.1) is 28.1 Å². The van der Waals surface area contributed by atoms with Crippen LogP contribution in [-0.4, -0.2) is 29.7 Å². The zero-order valence-corrected chi connectivity index (χ0v) is 11.4. The van der Waals surface area contributed by atoms with Crippen LogP contribution in [0.2, 0.25) is 0 Å². The first-order valence-corrected chi connectivity index (χ1v) is 7.34. The summed E-state index contributed by atoms with van der Waals surface area (Å²) in [4.78, 5) is 0. The number of ether oxygens (including phenoxy) is 2. The Bertz CT molecular complexity index is 461. The van der Waals surface area contributed by atoms with Crippen molar-refractivity contribution in [2.45, 2.75) is 58.0 Å². The molecule has 5 rings (SSSR count). The van der Waals surface area contributed by atoms with Gasteiger partial charge >= 0.3 is 0 Å². The van der Waals surface area contributed by atoms with Crippen LogP contribution in [0.5, 0.6) is 0 Å². The summed E-state index contributed by atoms with van der Waals surface area (Å²) in [6.45, 7) is 7.78. The van der Waals surface area contributed by atoms with Gasteiger partial charge in [-0.15, -0.1) is 0 Å². The van der Waals surface area contributed by atoms with Crippen molar-refractivity contribution in [1.29, 1.82) is 0 Å². The van der Waals surface area contributed by atoms with E-state index in [1.54, 1.807) is 0 Å². The molecule has 2 aliphatic heterocycles. The van der Waals surface area contributed by atoms with E-state index < -0.39 is 6.29 Å². The lowest BCUT2D eigenvalue weighted by Gasteiger charge is -2.36. The largest absolute Gasteiger partial charge is 0.367 e. The summed E-state index contributed by atoms with van der Waals surface area (Å²) >= 11 is 0. The second-order valence-corrected chi connectivity index (χ2v) is 8.50. The van der Waals surface area contributed by atoms with Crippen molar-refractivity contribution in [3.05, 3.63) is 0 Å². The van der Waals surface area contributed by atoms with Gasteiger partial charge in [-0.3, -0.25) is 0 Å². The zero-order valence-electron chi connectivity index (χ0n) is 11.4. The monoisotopic (exact) mass is 250 g/mol. The highest BCUT2D eigenvalue weighted by Crippen LogP contribution is 2.88. The molecule has 5 aliphatic rings. The molecule has 0 radical (unpaired) electrons. The Morgan fingerprint density at radius 1 is 1.17 bits per heavy atom. The third-order valence-corrected chi connectivity index (χ3v) is 7.20. The molecule has 1 N–H and O–H groups in total. The van der Waals surface area contributed by atoms with Crippen molar-refractivity contribution in [3.8, 4) is 0 Å². The number of fused-ring (bicyclic) bond motifs is 3. The number of rotatable bonds is 0. The molecule has 2 saturated heterocycles. The van der Waals surface area contributed by atoms with Gasteiger partial charge in [-0.1, -0.05) is 20.8 Å². The van der Waals surface area contributed by atoms with Gasteiger partial charge < -0.3 is 14.6 Å². The van der Waals surface area contributed by atoms with E-state index in [0.717, 1.165) is 12.3 Å². The van der Waals surface area contributed by atoms with Crippen molar-refractivity contribution in [3.63, 3.8) is 0 Å². The fourth-order valence-corrected chi connectivity index (χ4v) is 6.41. The Kier molecular flexibility index (Phi) is 1.43. The SMILES string of the molecule is CC1(C)C[C@H]2[C@@H]3O[C@@]34CO[C@H](O)[C@]43C[C@]3(C)[C@H]2C1. The van der Waals surface area contributed by atoms with Crippen LogP contribution in [0.3, 0.4) is 0 Å². The maximum absolute atomic E-state index is 10.3. The van der Waals surface area contributed by atoms with E-state index in [4.69, 9.17) is 9.47 Å². The molecule has 3 aliphatic carbocycles. The lowest BCUT2D eigenvalue weighted by Crippen LogP contribution is -2.45. The molecule has 2 heterocycles. The molecule has 0 amide bonds. The number of hydrogen-bond acceptors (Lipinski definition) is 3. The van der Waals surface area contributed by atoms with Crippen LogP contribution in [0.4, 0.5) is 0 Å². The smallest absolute Gasteiger partial charge is 0.163 e. The van der Waals surface area contributed by atoms with Crippen LogP contribution in [0.25, 0.3) is 0 Å². The van der Waals surface area contributed by atoms with Crippen LogP contribution < -0.4 is 0 Å². The summed E-state index contributed by atoms with van der Waals surface area (Å²) in [6.07, 6.45) is 3.47. The summed E-state index contributed by atoms with van der Waals surface area (Å²) in [5, 5.41) is 10.3. The van der Waals surface area contributed by atoms with Crippen LogP contribution in [-0.2, 0) is 9.47 Å². The highest BCUT2D eigenvalue weighted by molar-refractivity contribution is 5.39. The first-order chi connectivity index (χ1) is 8.36. The molecule has 0 aromatic heterocycles. The van der Waals surface area contributed by atoms with Crippen LogP contribution >= 0.6 is 0 Å². The predicted molar refractivity (Wildman–Crippen MR) is 64.7 cm³/mol. The van der Waals surface area contributed by atoms with E-state index in [1.165, 1.54) is 12.8 Å². The minimum Gasteiger partial charge on any atom is -0.367 e. The summed E-state index contributed by atoms with van der Waals surface area (Å²) < 4.78 is 11.8. The zero-order chi connectivity index (χ0) is 12.6. The van der Waals surface area contributed by atoms with Crippen molar-refractivity contribution in [1.82, 2.24) is 0 Å². The molecule has 18 heavy (non-hydrogen) atoms. The summed E-state index contributed by atoms with van der Waals surface area (Å²) in [5.74, 6) is 1.43. The molecule has 5 fully saturated rings. The van der Waals surface area contributed by atoms with Gasteiger partial charge in [0.2, 0.25) is 0 Å². The molecule has 0 bridgehead atoms. The molecular formula is C15H22O3. The predicted octanol–water partition coefficient (Wildman–Crippen LogP) is 1.93. The minimum absolute atomic E-state index is 0.0632. The van der Waals surface area contributed by atoms with Crippen LogP contribution in [0.1, 0.15) is 40.0 Å². The standard InChI is InChI=1S/C15H22O3/c1-12(2)4-8-9(5-12)13(3)6-14(13)11(16)17-7-15(14)10(8)18-15/h8-11,16H,4-7H2,1-3H3/t8-,9+,10+,11+,13-,14+,15+/m1/s1. The van der Waals surface area contributed by atoms with E-state index in [-0.39, 0.29) is 16.4 Å². The van der Waals surface area contributed by atoms with E-state index in [1.807, 2.05) is 0 Å². The topological polar surface area (TPSA) is 42.0 Å². The Morgan fingerprint density at radius 2 is 1.94 bits per heavy atom. The van der Waals surface area contributed by atoms with E-state index in [0.29, 0.717) is 24.0 Å². The van der Waals surface area contributed by atoms with Gasteiger partial charge in [-0.05, 0) is 41.9 Å². The third kappa shape index (κ3) is 0.786. The Labute approximate surface area is 108 Å². The van der Waals surface area contributed by atoms with E-state index in [9.17, 15) is 5.11 Å². The first kappa shape index (κ1) is 10.6. The van der Waals surface area contributed by atoms with Crippen molar-refractivity contribution in [2.75, 3.05) is 6.61 Å². The number of aliphatic hydroxyl groups is 1. The van der Waals surface area contributed by atoms with Gasteiger partial charge in [0.1, 0.15) is 5.60 Å². The molecule has 0 aromatic carbocycles. The summed E-state index contributed by atoms with van der Waals surface area (Å²) in [5.41, 5.74) is 0.531. The summed E-state index contributed by atoms with van der Waals surface area (Å²) in [7, 11) is 0. The van der Waals surface area contributed by atoms with Crippen molar-refractivity contribution < 1.29 is 14.6 Å². The van der Waals surface area contributed by atoms with Gasteiger partial charge in [0.15, 0.2) is 6.29 Å². The molecule has 3 heteroatoms. The number of epoxide rings is 1. The first-order valence-electron chi connectivity index (χ1n) is 7.34. The molecule has 0 aromatic rings. The molecule has 100 valence electrons. The fourth-order valence-electron chi connectivity index (χ4n) is 6.41. The second-order valence-electron chi connectivity index (χ2n) is 8.50. The maximum Gasteiger partial charge on any atom is 0.163 e. The van der Waals surface area contributed by atoms with E-state index in [2.05, 4.69) is 20.8 Å². The molecule has 3 saturated carbocycles. The Morgan fingerprint density at radius 3 is 2.72 bits per heavy atom. The second kappa shape index (κ2) is 2.43. The summed E-state index contributed by atoms with van der Waals surface area (Å²) in [6, 6.07) is 0. The highest BCUT2D eigenvalue weighted by atomic mass is 16.7. The molecule has 2 spiro atoms. The quantitative estimate of drug-likeness (QED) is 0.668. The van der Waals surface area contributed by atoms with Crippen molar-refractivity contribution in [2.24, 2.45) is 28.1 Å². The highest BCUT2D eigenvalue weighted by Gasteiger charge is 2.94. The third-order valence-electron chi connectivity index (χ3n) is 7.20. The number of aliphatic hydroxyl groups excluding tert-OH is 1. The van der Waals surface area contributed by atoms with Crippen molar-refractivity contribution >= 4 is 0 Å². The lowest BCUT2D eigenvalue weighted by atomic mass is 9.64. The molecule has 3 nitrogen and oxygen atoms in total.